The van der Waals surface area contributed by atoms with E-state index in [2.05, 4.69) is 20.3 Å². The van der Waals surface area contributed by atoms with Gasteiger partial charge in [0.15, 0.2) is 0 Å². The van der Waals surface area contributed by atoms with E-state index < -0.39 is 13.0 Å². The Hall–Kier alpha value is -1.86. The van der Waals surface area contributed by atoms with E-state index >= 15 is 0 Å². The number of nitrogens with zero attached hydrogens (tertiary/aromatic N) is 1. The van der Waals surface area contributed by atoms with Gasteiger partial charge in [0.25, 0.3) is 0 Å². The topological polar surface area (TPSA) is 100 Å². The summed E-state index contributed by atoms with van der Waals surface area (Å²) in [6.45, 7) is 1.46. The molecule has 0 fully saturated rings. The third-order valence-electron chi connectivity index (χ3n) is 2.31. The van der Waals surface area contributed by atoms with Gasteiger partial charge >= 0.3 is 127 Å². The molecular formula is C11H14B2ClN3O4. The Labute approximate surface area is 128 Å². The minimum atomic E-state index is -0.978. The first kappa shape index (κ1) is 17.2. The number of guanidine groups is 1. The summed E-state index contributed by atoms with van der Waals surface area (Å²) < 4.78 is 15.0. The number of esters is 1. The van der Waals surface area contributed by atoms with Crippen LogP contribution in [0, 0.1) is 0 Å². The van der Waals surface area contributed by atoms with Gasteiger partial charge in [-0.2, -0.15) is 0 Å². The number of rotatable bonds is 5. The maximum atomic E-state index is 11.5. The number of methoxy groups -OCH3 is 1. The molecule has 0 unspecified atom stereocenters. The molecule has 0 aliphatic heterocycles. The standard InChI is InChI=1S/C11H14B2ClN3O4/c1-13(20)17-11(15-6-12-19)16-9-5-7(10(18)21-2)3-4-8(9)14/h3-5,20H,6H2,1-2H3,(H2,15,16,17). The Morgan fingerprint density at radius 1 is 1.57 bits per heavy atom. The molecule has 1 rings (SSSR count). The van der Waals surface area contributed by atoms with Crippen LogP contribution < -0.4 is 10.6 Å². The van der Waals surface area contributed by atoms with Crippen LogP contribution in [0.3, 0.4) is 0 Å². The molecule has 0 aliphatic carbocycles. The van der Waals surface area contributed by atoms with Crippen molar-refractivity contribution in [2.24, 2.45) is 4.90 Å². The molecule has 0 amide bonds. The number of benzene rings is 1. The summed E-state index contributed by atoms with van der Waals surface area (Å²) in [4.78, 5) is 15.3. The van der Waals surface area contributed by atoms with Crippen LogP contribution in [-0.4, -0.2) is 44.7 Å². The van der Waals surface area contributed by atoms with E-state index in [0.29, 0.717) is 23.4 Å². The summed E-state index contributed by atoms with van der Waals surface area (Å²) >= 11 is 6.03. The van der Waals surface area contributed by atoms with Crippen LogP contribution in [0.2, 0.25) is 11.8 Å². The van der Waals surface area contributed by atoms with Gasteiger partial charge in [0, 0.05) is 0 Å². The fourth-order valence-electron chi connectivity index (χ4n) is 1.44. The zero-order valence-electron chi connectivity index (χ0n) is 11.6. The van der Waals surface area contributed by atoms with Gasteiger partial charge in [-0.15, -0.1) is 0 Å². The summed E-state index contributed by atoms with van der Waals surface area (Å²) in [5, 5.41) is 15.1. The Morgan fingerprint density at radius 2 is 2.29 bits per heavy atom. The number of hydrogen-bond acceptors (Lipinski definition) is 5. The van der Waals surface area contributed by atoms with E-state index in [1.807, 2.05) is 0 Å². The fraction of sp³-hybridized carbons (Fsp3) is 0.273. The molecule has 10 heteroatoms. The number of nitrogens with one attached hydrogen (secondary N) is 2. The molecule has 1 aromatic carbocycles. The predicted octanol–water partition coefficient (Wildman–Crippen LogP) is 0.602. The average molecular weight is 309 g/mol. The second kappa shape index (κ2) is 8.43. The van der Waals surface area contributed by atoms with Gasteiger partial charge < -0.3 is 0 Å². The van der Waals surface area contributed by atoms with Crippen molar-refractivity contribution in [3.05, 3.63) is 28.8 Å². The van der Waals surface area contributed by atoms with Crippen molar-refractivity contribution in [1.29, 1.82) is 0 Å². The predicted molar refractivity (Wildman–Crippen MR) is 82.1 cm³/mol. The molecule has 0 atom stereocenters. The number of ether oxygens (including phenoxy) is 1. The number of carbonyl (C=O) groups excluding carboxylic acids is 1. The van der Waals surface area contributed by atoms with Crippen LogP contribution >= 0.6 is 11.6 Å². The van der Waals surface area contributed by atoms with Crippen LogP contribution in [0.25, 0.3) is 0 Å². The van der Waals surface area contributed by atoms with Crippen LogP contribution in [0.1, 0.15) is 10.4 Å². The van der Waals surface area contributed by atoms with Gasteiger partial charge in [0.2, 0.25) is 0 Å². The van der Waals surface area contributed by atoms with Crippen LogP contribution in [0.15, 0.2) is 23.1 Å². The number of hydrogen-bond donors (Lipinski definition) is 3. The summed E-state index contributed by atoms with van der Waals surface area (Å²) in [5.41, 5.74) is 0.688. The van der Waals surface area contributed by atoms with E-state index in [-0.39, 0.29) is 12.4 Å². The van der Waals surface area contributed by atoms with Gasteiger partial charge in [0.05, 0.1) is 0 Å². The molecule has 1 aromatic rings. The van der Waals surface area contributed by atoms with Crippen molar-refractivity contribution in [2.75, 3.05) is 18.9 Å². The Morgan fingerprint density at radius 3 is 2.86 bits per heavy atom. The van der Waals surface area contributed by atoms with E-state index in [1.54, 1.807) is 0 Å². The van der Waals surface area contributed by atoms with E-state index in [4.69, 9.17) is 11.6 Å². The quantitative estimate of drug-likeness (QED) is 0.319. The van der Waals surface area contributed by atoms with E-state index in [1.165, 1.54) is 32.1 Å². The van der Waals surface area contributed by atoms with Crippen LogP contribution in [0.4, 0.5) is 5.69 Å². The van der Waals surface area contributed by atoms with Crippen molar-refractivity contribution in [1.82, 2.24) is 5.32 Å². The second-order valence-electron chi connectivity index (χ2n) is 3.97. The summed E-state index contributed by atoms with van der Waals surface area (Å²) in [7, 11) is 0.941. The fourth-order valence-corrected chi connectivity index (χ4v) is 1.61. The maximum absolute atomic E-state index is 11.5. The van der Waals surface area contributed by atoms with Crippen molar-refractivity contribution < 1.29 is 19.3 Å². The monoisotopic (exact) mass is 309 g/mol. The Kier molecular flexibility index (Phi) is 6.90. The summed E-state index contributed by atoms with van der Waals surface area (Å²) in [6, 6.07) is 4.52. The van der Waals surface area contributed by atoms with Gasteiger partial charge in [-0.3, -0.25) is 0 Å². The van der Waals surface area contributed by atoms with Crippen molar-refractivity contribution in [3.8, 4) is 0 Å². The second-order valence-corrected chi connectivity index (χ2v) is 4.38. The Bertz CT molecular complexity index is 554. The van der Waals surface area contributed by atoms with Crippen LogP contribution in [-0.2, 0) is 9.44 Å². The minimum absolute atomic E-state index is 0.00681. The molecule has 3 N–H and O–H groups in total. The van der Waals surface area contributed by atoms with Crippen molar-refractivity contribution >= 4 is 43.4 Å². The van der Waals surface area contributed by atoms with Gasteiger partial charge in [0.1, 0.15) is 0 Å². The Balaban J connectivity index is 3.01. The number of halogens is 1. The van der Waals surface area contributed by atoms with Gasteiger partial charge in [-0.05, 0) is 0 Å². The van der Waals surface area contributed by atoms with E-state index in [0.717, 1.165) is 0 Å². The third kappa shape index (κ3) is 5.56. The normalized spacial score (nSPS) is 10.6. The molecule has 110 valence electrons. The molecule has 0 saturated carbocycles. The SMILES string of the molecule is COC(=O)c1ccc(Cl)c(N/C(=N/B(C)O)NCB=O)c1. The van der Waals surface area contributed by atoms with Gasteiger partial charge in [-0.1, -0.05) is 0 Å². The average Bonchev–Trinajstić information content (AvgIpc) is 2.45. The zero-order valence-corrected chi connectivity index (χ0v) is 12.3. The molecule has 0 radical (unpaired) electrons. The molecule has 0 aromatic heterocycles. The first-order chi connectivity index (χ1) is 9.97. The van der Waals surface area contributed by atoms with Crippen molar-refractivity contribution in [2.45, 2.75) is 6.82 Å². The summed E-state index contributed by atoms with van der Waals surface area (Å²) in [5.74, 6) is -0.356. The molecule has 0 aliphatic rings. The first-order valence-corrected chi connectivity index (χ1v) is 6.44. The zero-order chi connectivity index (χ0) is 15.8. The van der Waals surface area contributed by atoms with E-state index in [9.17, 15) is 14.5 Å². The van der Waals surface area contributed by atoms with Crippen LogP contribution in [0.5, 0.6) is 0 Å². The molecular weight excluding hydrogens is 295 g/mol. The molecule has 7 nitrogen and oxygen atoms in total. The first-order valence-electron chi connectivity index (χ1n) is 6.06. The molecule has 0 saturated heterocycles. The molecule has 0 bridgehead atoms. The van der Waals surface area contributed by atoms with Gasteiger partial charge in [-0.25, -0.2) is 0 Å². The molecule has 0 spiro atoms. The summed E-state index contributed by atoms with van der Waals surface area (Å²) in [6.07, 6.45) is 0.00681. The number of carbonyl (C=O) groups is 1. The number of anilines is 1. The third-order valence-corrected chi connectivity index (χ3v) is 2.64. The molecule has 0 heterocycles. The molecule has 21 heavy (non-hydrogen) atoms. The van der Waals surface area contributed by atoms with Crippen molar-refractivity contribution in [3.63, 3.8) is 0 Å².